The second kappa shape index (κ2) is 8.18. The first-order valence-corrected chi connectivity index (χ1v) is 9.41. The van der Waals surface area contributed by atoms with Crippen molar-refractivity contribution in [1.82, 2.24) is 0 Å². The Morgan fingerprint density at radius 2 is 2.00 bits per heavy atom. The van der Waals surface area contributed by atoms with Gasteiger partial charge in [-0.3, -0.25) is 4.79 Å². The van der Waals surface area contributed by atoms with Gasteiger partial charge in [-0.25, -0.2) is 4.79 Å². The van der Waals surface area contributed by atoms with E-state index < -0.39 is 11.9 Å². The van der Waals surface area contributed by atoms with E-state index >= 15 is 0 Å². The van der Waals surface area contributed by atoms with Crippen molar-refractivity contribution in [2.45, 2.75) is 63.9 Å². The van der Waals surface area contributed by atoms with Gasteiger partial charge in [0.15, 0.2) is 11.9 Å². The number of carbonyl (C=O) groups is 2. The molecule has 2 heterocycles. The van der Waals surface area contributed by atoms with E-state index in [9.17, 15) is 9.59 Å². The highest BCUT2D eigenvalue weighted by molar-refractivity contribution is 5.92. The van der Waals surface area contributed by atoms with E-state index in [1.165, 1.54) is 0 Å². The van der Waals surface area contributed by atoms with E-state index in [1.54, 1.807) is 6.92 Å². The van der Waals surface area contributed by atoms with Crippen molar-refractivity contribution in [3.63, 3.8) is 0 Å². The highest BCUT2D eigenvalue weighted by atomic mass is 16.7. The molecule has 6 nitrogen and oxygen atoms in total. The molecule has 1 aromatic carbocycles. The van der Waals surface area contributed by atoms with Gasteiger partial charge in [0.2, 0.25) is 5.91 Å². The van der Waals surface area contributed by atoms with Crippen LogP contribution in [0.2, 0.25) is 0 Å². The predicted octanol–water partition coefficient (Wildman–Crippen LogP) is 3.27. The molecule has 2 fully saturated rings. The average Bonchev–Trinajstić information content (AvgIpc) is 3.05. The van der Waals surface area contributed by atoms with Crippen LogP contribution in [0.1, 0.15) is 46.0 Å². The summed E-state index contributed by atoms with van der Waals surface area (Å²) >= 11 is 0. The molecule has 142 valence electrons. The monoisotopic (exact) mass is 361 g/mol. The van der Waals surface area contributed by atoms with Gasteiger partial charge >= 0.3 is 5.97 Å². The van der Waals surface area contributed by atoms with Crippen LogP contribution < -0.4 is 5.32 Å². The van der Waals surface area contributed by atoms with Gasteiger partial charge in [-0.1, -0.05) is 25.1 Å². The quantitative estimate of drug-likeness (QED) is 0.815. The van der Waals surface area contributed by atoms with Crippen LogP contribution in [-0.2, 0) is 23.8 Å². The van der Waals surface area contributed by atoms with Crippen LogP contribution in [0.15, 0.2) is 30.3 Å². The molecular formula is C20H27NO5. The summed E-state index contributed by atoms with van der Waals surface area (Å²) < 4.78 is 17.2. The van der Waals surface area contributed by atoms with Crippen molar-refractivity contribution < 1.29 is 23.8 Å². The minimum absolute atomic E-state index is 0.0711. The lowest BCUT2D eigenvalue weighted by molar-refractivity contribution is -0.276. The third-order valence-electron chi connectivity index (χ3n) is 5.12. The molecule has 0 unspecified atom stereocenters. The standard InChI is InChI=1S/C20H27NO5/c1-3-24-19(23)17-11-13-20(26-17)12-7-10-16(25-20)14(2)18(22)21-15-8-5-4-6-9-15/h4-6,8-9,14,16-17H,3,7,10-13H2,1-2H3,(H,21,22)/t14-,16+,17+,20+/m1/s1. The Hall–Kier alpha value is -1.92. The molecule has 1 aromatic rings. The maximum atomic E-state index is 12.6. The number of anilines is 1. The number of ether oxygens (including phenoxy) is 3. The third kappa shape index (κ3) is 4.24. The molecule has 3 rings (SSSR count). The number of hydrogen-bond acceptors (Lipinski definition) is 5. The molecule has 0 saturated carbocycles. The number of nitrogens with one attached hydrogen (secondary N) is 1. The Morgan fingerprint density at radius 3 is 2.73 bits per heavy atom. The topological polar surface area (TPSA) is 73.9 Å². The van der Waals surface area contributed by atoms with E-state index in [4.69, 9.17) is 14.2 Å². The fourth-order valence-electron chi connectivity index (χ4n) is 3.66. The average molecular weight is 361 g/mol. The fraction of sp³-hybridized carbons (Fsp3) is 0.600. The molecule has 6 heteroatoms. The summed E-state index contributed by atoms with van der Waals surface area (Å²) in [6, 6.07) is 9.39. The van der Waals surface area contributed by atoms with Gasteiger partial charge in [0.05, 0.1) is 18.6 Å². The van der Waals surface area contributed by atoms with Gasteiger partial charge in [-0.2, -0.15) is 0 Å². The third-order valence-corrected chi connectivity index (χ3v) is 5.12. The smallest absolute Gasteiger partial charge is 0.335 e. The normalized spacial score (nSPS) is 29.3. The number of benzene rings is 1. The maximum Gasteiger partial charge on any atom is 0.335 e. The SMILES string of the molecule is CCOC(=O)[C@@H]1CC[C@]2(CCC[C@@H]([C@@H](C)C(=O)Nc3ccccc3)O2)O1. The summed E-state index contributed by atoms with van der Waals surface area (Å²) in [6.45, 7) is 3.99. The highest BCUT2D eigenvalue weighted by Crippen LogP contribution is 2.42. The molecule has 1 amide bonds. The molecule has 2 aliphatic heterocycles. The number of para-hydroxylation sites is 1. The molecule has 2 aliphatic rings. The molecule has 4 atom stereocenters. The van der Waals surface area contributed by atoms with Crippen LogP contribution in [0.3, 0.4) is 0 Å². The van der Waals surface area contributed by atoms with Crippen molar-refractivity contribution >= 4 is 17.6 Å². The molecule has 26 heavy (non-hydrogen) atoms. The van der Waals surface area contributed by atoms with Gasteiger partial charge < -0.3 is 19.5 Å². The van der Waals surface area contributed by atoms with Gasteiger partial charge in [-0.15, -0.1) is 0 Å². The van der Waals surface area contributed by atoms with E-state index in [2.05, 4.69) is 5.32 Å². The summed E-state index contributed by atoms with van der Waals surface area (Å²) in [4.78, 5) is 24.5. The second-order valence-corrected chi connectivity index (χ2v) is 7.00. The van der Waals surface area contributed by atoms with E-state index in [0.29, 0.717) is 19.4 Å². The largest absolute Gasteiger partial charge is 0.464 e. The molecular weight excluding hydrogens is 334 g/mol. The number of rotatable bonds is 5. The van der Waals surface area contributed by atoms with Crippen molar-refractivity contribution in [2.24, 2.45) is 5.92 Å². The van der Waals surface area contributed by atoms with Crippen LogP contribution in [0.5, 0.6) is 0 Å². The van der Waals surface area contributed by atoms with Crippen LogP contribution >= 0.6 is 0 Å². The number of carbonyl (C=O) groups excluding carboxylic acids is 2. The summed E-state index contributed by atoms with van der Waals surface area (Å²) in [6.07, 6.45) is 2.90. The number of amides is 1. The highest BCUT2D eigenvalue weighted by Gasteiger charge is 2.48. The Balaban J connectivity index is 1.59. The Bertz CT molecular complexity index is 634. The van der Waals surface area contributed by atoms with Crippen molar-refractivity contribution in [1.29, 1.82) is 0 Å². The first kappa shape index (κ1) is 18.9. The Kier molecular flexibility index (Phi) is 5.94. The van der Waals surface area contributed by atoms with Gasteiger partial charge in [0.1, 0.15) is 0 Å². The Morgan fingerprint density at radius 1 is 1.23 bits per heavy atom. The van der Waals surface area contributed by atoms with Crippen LogP contribution in [-0.4, -0.2) is 36.5 Å². The van der Waals surface area contributed by atoms with Crippen molar-refractivity contribution in [3.05, 3.63) is 30.3 Å². The lowest BCUT2D eigenvalue weighted by Gasteiger charge is -2.40. The molecule has 0 radical (unpaired) electrons. The summed E-state index contributed by atoms with van der Waals surface area (Å²) in [5, 5.41) is 2.93. The minimum Gasteiger partial charge on any atom is -0.464 e. The zero-order valence-corrected chi connectivity index (χ0v) is 15.4. The number of esters is 1. The van der Waals surface area contributed by atoms with Gasteiger partial charge in [0, 0.05) is 18.5 Å². The lowest BCUT2D eigenvalue weighted by Crippen LogP contribution is -2.46. The van der Waals surface area contributed by atoms with Crippen molar-refractivity contribution in [3.8, 4) is 0 Å². The first-order chi connectivity index (χ1) is 12.5. The first-order valence-electron chi connectivity index (χ1n) is 9.41. The van der Waals surface area contributed by atoms with Crippen LogP contribution in [0, 0.1) is 5.92 Å². The lowest BCUT2D eigenvalue weighted by atomic mass is 9.92. The maximum absolute atomic E-state index is 12.6. The summed E-state index contributed by atoms with van der Waals surface area (Å²) in [5.74, 6) is -1.47. The molecule has 0 aromatic heterocycles. The molecule has 1 N–H and O–H groups in total. The van der Waals surface area contributed by atoms with E-state index in [-0.39, 0.29) is 23.9 Å². The van der Waals surface area contributed by atoms with Gasteiger partial charge in [0.25, 0.3) is 0 Å². The van der Waals surface area contributed by atoms with E-state index in [1.807, 2.05) is 37.3 Å². The summed E-state index contributed by atoms with van der Waals surface area (Å²) in [5.41, 5.74) is 0.773. The van der Waals surface area contributed by atoms with Gasteiger partial charge in [-0.05, 0) is 38.3 Å². The second-order valence-electron chi connectivity index (χ2n) is 7.00. The molecule has 2 saturated heterocycles. The predicted molar refractivity (Wildman–Crippen MR) is 96.4 cm³/mol. The van der Waals surface area contributed by atoms with Crippen molar-refractivity contribution in [2.75, 3.05) is 11.9 Å². The zero-order chi connectivity index (χ0) is 18.6. The van der Waals surface area contributed by atoms with Crippen LogP contribution in [0.25, 0.3) is 0 Å². The zero-order valence-electron chi connectivity index (χ0n) is 15.4. The Labute approximate surface area is 154 Å². The minimum atomic E-state index is -0.762. The fourth-order valence-corrected chi connectivity index (χ4v) is 3.66. The summed E-state index contributed by atoms with van der Waals surface area (Å²) in [7, 11) is 0. The molecule has 0 bridgehead atoms. The molecule has 0 aliphatic carbocycles. The van der Waals surface area contributed by atoms with Crippen LogP contribution in [0.4, 0.5) is 5.69 Å². The van der Waals surface area contributed by atoms with E-state index in [0.717, 1.165) is 24.9 Å². The molecule has 1 spiro atoms. The number of hydrogen-bond donors (Lipinski definition) is 1.